The van der Waals surface area contributed by atoms with E-state index in [0.29, 0.717) is 43.1 Å². The van der Waals surface area contributed by atoms with Crippen LogP contribution in [0.5, 0.6) is 11.5 Å². The average Bonchev–Trinajstić information content (AvgIpc) is 2.94. The Morgan fingerprint density at radius 3 is 2.82 bits per heavy atom. The zero-order valence-electron chi connectivity index (χ0n) is 16.1. The van der Waals surface area contributed by atoms with Gasteiger partial charge in [-0.15, -0.1) is 0 Å². The fraction of sp³-hybridized carbons (Fsp3) is 0.600. The van der Waals surface area contributed by atoms with Crippen LogP contribution in [0.3, 0.4) is 0 Å². The maximum absolute atomic E-state index is 13.3. The third kappa shape index (κ3) is 3.31. The number of imide groups is 1. The Morgan fingerprint density at radius 1 is 1.29 bits per heavy atom. The summed E-state index contributed by atoms with van der Waals surface area (Å²) in [6.07, 6.45) is 2.48. The molecule has 4 rings (SSSR count). The normalized spacial score (nSPS) is 25.6. The standard InChI is InChI=1S/C20H27N3O5/c1-27-15-3-4-17-16(13-15)20(7-12-28-17)18(25)23(19(26)21-20)9-2-8-22-10-5-14(24)6-11-22/h3-4,13-14,24H,2,5-12H2,1H3,(H,21,26). The fourth-order valence-corrected chi connectivity index (χ4v) is 4.32. The van der Waals surface area contributed by atoms with Crippen LogP contribution in [0.2, 0.25) is 0 Å². The lowest BCUT2D eigenvalue weighted by Crippen LogP contribution is -2.47. The number of carbonyl (C=O) groups is 2. The summed E-state index contributed by atoms with van der Waals surface area (Å²) in [6.45, 7) is 3.27. The van der Waals surface area contributed by atoms with Gasteiger partial charge in [0.25, 0.3) is 5.91 Å². The van der Waals surface area contributed by atoms with Crippen LogP contribution in [0, 0.1) is 0 Å². The van der Waals surface area contributed by atoms with Gasteiger partial charge < -0.3 is 24.8 Å². The van der Waals surface area contributed by atoms with E-state index in [1.807, 2.05) is 0 Å². The van der Waals surface area contributed by atoms with Gasteiger partial charge in [-0.25, -0.2) is 4.79 Å². The molecule has 3 aliphatic rings. The summed E-state index contributed by atoms with van der Waals surface area (Å²) in [5.74, 6) is 1.01. The van der Waals surface area contributed by atoms with E-state index in [9.17, 15) is 14.7 Å². The second kappa shape index (κ2) is 7.60. The van der Waals surface area contributed by atoms with Gasteiger partial charge in [0, 0.05) is 31.6 Å². The first-order valence-electron chi connectivity index (χ1n) is 9.89. The number of likely N-dealkylation sites (tertiary alicyclic amines) is 1. The van der Waals surface area contributed by atoms with Crippen LogP contribution in [0.4, 0.5) is 4.79 Å². The zero-order valence-corrected chi connectivity index (χ0v) is 16.1. The van der Waals surface area contributed by atoms with Gasteiger partial charge in [-0.1, -0.05) is 0 Å². The number of aliphatic hydroxyl groups excluding tert-OH is 1. The summed E-state index contributed by atoms with van der Waals surface area (Å²) in [7, 11) is 1.57. The van der Waals surface area contributed by atoms with E-state index in [0.717, 1.165) is 32.5 Å². The monoisotopic (exact) mass is 389 g/mol. The number of urea groups is 1. The summed E-state index contributed by atoms with van der Waals surface area (Å²) in [5, 5.41) is 12.5. The average molecular weight is 389 g/mol. The number of fused-ring (bicyclic) bond motifs is 2. The molecular formula is C20H27N3O5. The van der Waals surface area contributed by atoms with Gasteiger partial charge in [-0.05, 0) is 44.0 Å². The molecule has 0 saturated carbocycles. The lowest BCUT2D eigenvalue weighted by molar-refractivity contribution is -0.132. The molecule has 0 aliphatic carbocycles. The number of hydrogen-bond donors (Lipinski definition) is 2. The molecule has 0 aromatic heterocycles. The van der Waals surface area contributed by atoms with Crippen LogP contribution in [0.25, 0.3) is 0 Å². The van der Waals surface area contributed by atoms with Crippen molar-refractivity contribution in [1.82, 2.24) is 15.1 Å². The second-order valence-corrected chi connectivity index (χ2v) is 7.68. The number of nitrogens with one attached hydrogen (secondary N) is 1. The highest BCUT2D eigenvalue weighted by atomic mass is 16.5. The van der Waals surface area contributed by atoms with Gasteiger partial charge in [0.1, 0.15) is 11.5 Å². The van der Waals surface area contributed by atoms with Gasteiger partial charge >= 0.3 is 6.03 Å². The summed E-state index contributed by atoms with van der Waals surface area (Å²) in [6, 6.07) is 4.98. The van der Waals surface area contributed by atoms with E-state index in [1.165, 1.54) is 4.90 Å². The molecule has 1 aromatic rings. The van der Waals surface area contributed by atoms with Gasteiger partial charge in [-0.3, -0.25) is 9.69 Å². The third-order valence-corrected chi connectivity index (χ3v) is 5.97. The van der Waals surface area contributed by atoms with Crippen molar-refractivity contribution < 1.29 is 24.2 Å². The molecule has 152 valence electrons. The Morgan fingerprint density at radius 2 is 2.07 bits per heavy atom. The van der Waals surface area contributed by atoms with Crippen LogP contribution < -0.4 is 14.8 Å². The fourth-order valence-electron chi connectivity index (χ4n) is 4.32. The molecule has 2 fully saturated rings. The number of carbonyl (C=O) groups excluding carboxylic acids is 2. The minimum atomic E-state index is -1.07. The number of ether oxygens (including phenoxy) is 2. The molecule has 2 N–H and O–H groups in total. The topological polar surface area (TPSA) is 91.3 Å². The Kier molecular flexibility index (Phi) is 5.16. The summed E-state index contributed by atoms with van der Waals surface area (Å²) < 4.78 is 11.0. The van der Waals surface area contributed by atoms with Gasteiger partial charge in [0.15, 0.2) is 5.54 Å². The molecule has 1 aromatic carbocycles. The van der Waals surface area contributed by atoms with Crippen LogP contribution >= 0.6 is 0 Å². The first-order valence-corrected chi connectivity index (χ1v) is 9.89. The van der Waals surface area contributed by atoms with E-state index in [1.54, 1.807) is 25.3 Å². The molecule has 28 heavy (non-hydrogen) atoms. The second-order valence-electron chi connectivity index (χ2n) is 7.68. The predicted molar refractivity (Wildman–Crippen MR) is 101 cm³/mol. The maximum atomic E-state index is 13.3. The van der Waals surface area contributed by atoms with Crippen LogP contribution in [-0.2, 0) is 10.3 Å². The van der Waals surface area contributed by atoms with Crippen molar-refractivity contribution in [2.45, 2.75) is 37.3 Å². The highest BCUT2D eigenvalue weighted by Gasteiger charge is 2.54. The first kappa shape index (κ1) is 19.0. The van der Waals surface area contributed by atoms with Crippen LogP contribution in [-0.4, -0.2) is 72.8 Å². The number of amides is 3. The van der Waals surface area contributed by atoms with E-state index in [4.69, 9.17) is 9.47 Å². The van der Waals surface area contributed by atoms with Crippen LogP contribution in [0.15, 0.2) is 18.2 Å². The molecule has 1 atom stereocenters. The Balaban J connectivity index is 1.46. The number of nitrogens with zero attached hydrogens (tertiary/aromatic N) is 2. The van der Waals surface area contributed by atoms with Crippen molar-refractivity contribution in [3.63, 3.8) is 0 Å². The van der Waals surface area contributed by atoms with E-state index < -0.39 is 5.54 Å². The Labute approximate surface area is 164 Å². The summed E-state index contributed by atoms with van der Waals surface area (Å²) in [4.78, 5) is 29.5. The number of methoxy groups -OCH3 is 1. The molecular weight excluding hydrogens is 362 g/mol. The zero-order chi connectivity index (χ0) is 19.7. The molecule has 3 aliphatic heterocycles. The van der Waals surface area contributed by atoms with E-state index in [-0.39, 0.29) is 18.0 Å². The Hall–Kier alpha value is -2.32. The SMILES string of the molecule is COc1ccc2c(c1)C1(CCO2)NC(=O)N(CCCN2CCC(O)CC2)C1=O. The molecule has 1 spiro atoms. The molecule has 3 heterocycles. The number of piperidine rings is 1. The van der Waals surface area contributed by atoms with Gasteiger partial charge in [-0.2, -0.15) is 0 Å². The minimum Gasteiger partial charge on any atom is -0.497 e. The van der Waals surface area contributed by atoms with Crippen LogP contribution in [0.1, 0.15) is 31.2 Å². The van der Waals surface area contributed by atoms with Crippen molar-refractivity contribution in [2.24, 2.45) is 0 Å². The van der Waals surface area contributed by atoms with Crippen molar-refractivity contribution in [3.05, 3.63) is 23.8 Å². The lowest BCUT2D eigenvalue weighted by Gasteiger charge is -2.33. The number of benzene rings is 1. The van der Waals surface area contributed by atoms with Crippen molar-refractivity contribution in [1.29, 1.82) is 0 Å². The molecule has 0 radical (unpaired) electrons. The highest BCUT2D eigenvalue weighted by Crippen LogP contribution is 2.42. The van der Waals surface area contributed by atoms with E-state index in [2.05, 4.69) is 10.2 Å². The van der Waals surface area contributed by atoms with Gasteiger partial charge in [0.2, 0.25) is 0 Å². The summed E-state index contributed by atoms with van der Waals surface area (Å²) >= 11 is 0. The van der Waals surface area contributed by atoms with Crippen molar-refractivity contribution >= 4 is 11.9 Å². The number of hydrogen-bond acceptors (Lipinski definition) is 6. The largest absolute Gasteiger partial charge is 0.497 e. The van der Waals surface area contributed by atoms with Crippen molar-refractivity contribution in [2.75, 3.05) is 39.9 Å². The highest BCUT2D eigenvalue weighted by molar-refractivity contribution is 6.08. The first-order chi connectivity index (χ1) is 13.5. The van der Waals surface area contributed by atoms with E-state index >= 15 is 0 Å². The number of rotatable bonds is 5. The molecule has 1 unspecified atom stereocenters. The summed E-state index contributed by atoms with van der Waals surface area (Å²) in [5.41, 5.74) is -0.419. The smallest absolute Gasteiger partial charge is 0.325 e. The lowest BCUT2D eigenvalue weighted by atomic mass is 9.84. The predicted octanol–water partition coefficient (Wildman–Crippen LogP) is 1.07. The molecule has 8 nitrogen and oxygen atoms in total. The minimum absolute atomic E-state index is 0.201. The van der Waals surface area contributed by atoms with Crippen molar-refractivity contribution in [3.8, 4) is 11.5 Å². The number of aliphatic hydroxyl groups is 1. The molecule has 2 saturated heterocycles. The molecule has 3 amide bonds. The Bertz CT molecular complexity index is 762. The molecule has 8 heteroatoms. The third-order valence-electron chi connectivity index (χ3n) is 5.97. The molecule has 0 bridgehead atoms. The van der Waals surface area contributed by atoms with Gasteiger partial charge in [0.05, 0.1) is 19.8 Å². The quantitative estimate of drug-likeness (QED) is 0.732. The maximum Gasteiger partial charge on any atom is 0.325 e.